The summed E-state index contributed by atoms with van der Waals surface area (Å²) in [7, 11) is 0. The van der Waals surface area contributed by atoms with Crippen molar-refractivity contribution in [1.29, 1.82) is 0 Å². The molecular weight excluding hydrogens is 561 g/mol. The highest BCUT2D eigenvalue weighted by molar-refractivity contribution is 7.24. The number of carbonyl (C=O) groups excluding carboxylic acids is 4. The van der Waals surface area contributed by atoms with E-state index in [0.717, 1.165) is 41.8 Å². The largest absolute Gasteiger partial charge is 0.288 e. The van der Waals surface area contributed by atoms with Crippen LogP contribution in [0.4, 0.5) is 0 Å². The average Bonchev–Trinajstić information content (AvgIpc) is 3.73. The molecule has 0 saturated heterocycles. The van der Waals surface area contributed by atoms with Crippen LogP contribution in [0.5, 0.6) is 0 Å². The summed E-state index contributed by atoms with van der Waals surface area (Å²) in [6.45, 7) is 4.07. The van der Waals surface area contributed by atoms with Crippen LogP contribution < -0.4 is 0 Å². The second kappa shape index (κ2) is 9.94. The average molecular weight is 583 g/mol. The second-order valence-corrected chi connectivity index (χ2v) is 12.6. The standard InChI is InChI=1S/C36H22O4S2/c1-19-15-21(17-28-32(37)24-7-3-4-8-25(24)33(28)38)11-12-23(19)30-13-14-31(42-30)36-20(2)16-22(41-36)18-29-34(39)26-9-5-6-10-27(26)35(29)40/h3-18H,1-2H3. The zero-order chi connectivity index (χ0) is 29.1. The zero-order valence-corrected chi connectivity index (χ0v) is 24.3. The highest BCUT2D eigenvalue weighted by Crippen LogP contribution is 2.42. The summed E-state index contributed by atoms with van der Waals surface area (Å²) >= 11 is 3.25. The van der Waals surface area contributed by atoms with Gasteiger partial charge in [0.2, 0.25) is 0 Å². The van der Waals surface area contributed by atoms with Crippen molar-refractivity contribution in [1.82, 2.24) is 0 Å². The lowest BCUT2D eigenvalue weighted by Crippen LogP contribution is -2.00. The first-order chi connectivity index (χ1) is 20.3. The predicted octanol–water partition coefficient (Wildman–Crippen LogP) is 8.69. The smallest absolute Gasteiger partial charge is 0.197 e. The maximum absolute atomic E-state index is 12.9. The summed E-state index contributed by atoms with van der Waals surface area (Å²) in [5.41, 5.74) is 6.28. The topological polar surface area (TPSA) is 68.3 Å². The summed E-state index contributed by atoms with van der Waals surface area (Å²) in [6.07, 6.45) is 3.40. The fourth-order valence-corrected chi connectivity index (χ4v) is 7.98. The van der Waals surface area contributed by atoms with E-state index in [-0.39, 0.29) is 34.3 Å². The van der Waals surface area contributed by atoms with Crippen LogP contribution in [0.15, 0.2) is 96.1 Å². The maximum Gasteiger partial charge on any atom is 0.197 e. The molecule has 42 heavy (non-hydrogen) atoms. The van der Waals surface area contributed by atoms with E-state index in [1.54, 1.807) is 83.4 Å². The molecule has 202 valence electrons. The number of hydrogen-bond donors (Lipinski definition) is 0. The molecule has 6 heteroatoms. The molecule has 0 fully saturated rings. The molecule has 0 unspecified atom stereocenters. The molecule has 0 saturated carbocycles. The molecule has 2 aliphatic carbocycles. The Kier molecular flexibility index (Phi) is 6.19. The van der Waals surface area contributed by atoms with Crippen LogP contribution in [-0.2, 0) is 0 Å². The van der Waals surface area contributed by atoms with Crippen LogP contribution >= 0.6 is 22.7 Å². The van der Waals surface area contributed by atoms with Crippen molar-refractivity contribution in [2.24, 2.45) is 0 Å². The number of hydrogen-bond acceptors (Lipinski definition) is 6. The first-order valence-corrected chi connectivity index (χ1v) is 15.1. The van der Waals surface area contributed by atoms with E-state index < -0.39 is 0 Å². The molecule has 7 rings (SSSR count). The lowest BCUT2D eigenvalue weighted by molar-refractivity contribution is 0.0975. The number of Topliss-reactive ketones (excluding diaryl/α,β-unsaturated/α-hetero) is 4. The van der Waals surface area contributed by atoms with Crippen LogP contribution in [-0.4, -0.2) is 23.1 Å². The molecule has 0 radical (unpaired) electrons. The Morgan fingerprint density at radius 1 is 0.500 bits per heavy atom. The van der Waals surface area contributed by atoms with Crippen LogP contribution in [0.3, 0.4) is 0 Å². The summed E-state index contributed by atoms with van der Waals surface area (Å²) in [5, 5.41) is 0. The van der Waals surface area contributed by atoms with Gasteiger partial charge in [-0.05, 0) is 66.5 Å². The summed E-state index contributed by atoms with van der Waals surface area (Å²) in [6, 6.07) is 26.1. The first-order valence-electron chi connectivity index (χ1n) is 13.4. The number of fused-ring (bicyclic) bond motifs is 2. The van der Waals surface area contributed by atoms with Crippen molar-refractivity contribution in [3.05, 3.63) is 140 Å². The molecule has 5 aromatic rings. The van der Waals surface area contributed by atoms with Gasteiger partial charge in [0.05, 0.1) is 11.1 Å². The summed E-state index contributed by atoms with van der Waals surface area (Å²) < 4.78 is 0. The quantitative estimate of drug-likeness (QED) is 0.157. The molecule has 0 spiro atoms. The number of rotatable bonds is 4. The van der Waals surface area contributed by atoms with Gasteiger partial charge >= 0.3 is 0 Å². The van der Waals surface area contributed by atoms with E-state index in [2.05, 4.69) is 12.1 Å². The number of ketones is 4. The van der Waals surface area contributed by atoms with Crippen molar-refractivity contribution in [2.45, 2.75) is 13.8 Å². The third-order valence-corrected chi connectivity index (χ3v) is 10.2. The number of benzene rings is 3. The van der Waals surface area contributed by atoms with Gasteiger partial charge in [-0.2, -0.15) is 0 Å². The lowest BCUT2D eigenvalue weighted by Gasteiger charge is -2.05. The maximum atomic E-state index is 12.9. The van der Waals surface area contributed by atoms with E-state index in [0.29, 0.717) is 22.3 Å². The van der Waals surface area contributed by atoms with Gasteiger partial charge in [0.15, 0.2) is 23.1 Å². The van der Waals surface area contributed by atoms with Crippen LogP contribution in [0.25, 0.3) is 32.3 Å². The highest BCUT2D eigenvalue weighted by Gasteiger charge is 2.33. The van der Waals surface area contributed by atoms with Crippen molar-refractivity contribution < 1.29 is 19.2 Å². The molecule has 0 atom stereocenters. The summed E-state index contributed by atoms with van der Waals surface area (Å²) in [5.74, 6) is -0.898. The minimum atomic E-state index is -0.229. The number of carbonyl (C=O) groups is 4. The van der Waals surface area contributed by atoms with Crippen molar-refractivity contribution in [2.75, 3.05) is 0 Å². The molecule has 0 N–H and O–H groups in total. The van der Waals surface area contributed by atoms with E-state index in [9.17, 15) is 19.2 Å². The fraction of sp³-hybridized carbons (Fsp3) is 0.0556. The zero-order valence-electron chi connectivity index (χ0n) is 22.7. The number of aryl methyl sites for hydroxylation is 2. The molecule has 3 aromatic carbocycles. The third-order valence-electron chi connectivity index (χ3n) is 7.69. The molecular formula is C36H22O4S2. The van der Waals surface area contributed by atoms with Crippen LogP contribution in [0.2, 0.25) is 0 Å². The van der Waals surface area contributed by atoms with Crippen LogP contribution in [0.1, 0.15) is 63.0 Å². The normalized spacial score (nSPS) is 14.0. The minimum Gasteiger partial charge on any atom is -0.288 e. The van der Waals surface area contributed by atoms with Gasteiger partial charge < -0.3 is 0 Å². The molecule has 2 aromatic heterocycles. The van der Waals surface area contributed by atoms with Gasteiger partial charge in [-0.25, -0.2) is 0 Å². The Morgan fingerprint density at radius 3 is 1.57 bits per heavy atom. The van der Waals surface area contributed by atoms with Gasteiger partial charge in [-0.1, -0.05) is 66.7 Å². The molecule has 2 heterocycles. The number of allylic oxidation sites excluding steroid dienone is 2. The van der Waals surface area contributed by atoms with Gasteiger partial charge in [0.25, 0.3) is 0 Å². The predicted molar refractivity (Wildman–Crippen MR) is 169 cm³/mol. The van der Waals surface area contributed by atoms with E-state index >= 15 is 0 Å². The molecule has 4 nitrogen and oxygen atoms in total. The van der Waals surface area contributed by atoms with Crippen molar-refractivity contribution in [3.8, 4) is 20.2 Å². The molecule has 0 aliphatic heterocycles. The fourth-order valence-electron chi connectivity index (χ4n) is 5.60. The Morgan fingerprint density at radius 2 is 1.02 bits per heavy atom. The minimum absolute atomic E-state index is 0.200. The van der Waals surface area contributed by atoms with Gasteiger partial charge in [-0.3, -0.25) is 19.2 Å². The number of thiophene rings is 2. The van der Waals surface area contributed by atoms with Crippen LogP contribution in [0, 0.1) is 13.8 Å². The Hall–Kier alpha value is -4.78. The van der Waals surface area contributed by atoms with Gasteiger partial charge in [0.1, 0.15) is 0 Å². The Bertz CT molecular complexity index is 2010. The Balaban J connectivity index is 1.15. The van der Waals surface area contributed by atoms with E-state index in [1.807, 2.05) is 38.1 Å². The van der Waals surface area contributed by atoms with E-state index in [1.165, 1.54) is 0 Å². The molecule has 0 bridgehead atoms. The van der Waals surface area contributed by atoms with E-state index in [4.69, 9.17) is 0 Å². The Labute approximate surface area is 250 Å². The van der Waals surface area contributed by atoms with Gasteiger partial charge in [0, 0.05) is 41.8 Å². The molecule has 2 aliphatic rings. The SMILES string of the molecule is Cc1cc(C=C2C(=O)c3ccccc3C2=O)ccc1-c1ccc(-c2sc(C=C3C(=O)c4ccccc4C3=O)cc2C)s1. The summed E-state index contributed by atoms with van der Waals surface area (Å²) in [4.78, 5) is 55.5. The van der Waals surface area contributed by atoms with Gasteiger partial charge in [-0.15, -0.1) is 22.7 Å². The molecule has 0 amide bonds. The first kappa shape index (κ1) is 26.1. The lowest BCUT2D eigenvalue weighted by atomic mass is 10.0. The van der Waals surface area contributed by atoms with Crippen molar-refractivity contribution >= 4 is 58.0 Å². The monoisotopic (exact) mass is 582 g/mol. The van der Waals surface area contributed by atoms with Crippen molar-refractivity contribution in [3.63, 3.8) is 0 Å². The third kappa shape index (κ3) is 4.19. The highest BCUT2D eigenvalue weighted by atomic mass is 32.1. The second-order valence-electron chi connectivity index (χ2n) is 10.4.